The first-order valence-electron chi connectivity index (χ1n) is 10.7. The minimum Gasteiger partial charge on any atom is -0.337 e. The van der Waals surface area contributed by atoms with Crippen molar-refractivity contribution in [2.24, 2.45) is 13.0 Å². The molecule has 7 nitrogen and oxygen atoms in total. The number of nitrogens with zero attached hydrogens (tertiary/aromatic N) is 4. The van der Waals surface area contributed by atoms with Gasteiger partial charge in [-0.15, -0.1) is 0 Å². The predicted molar refractivity (Wildman–Crippen MR) is 115 cm³/mol. The molecule has 0 saturated carbocycles. The van der Waals surface area contributed by atoms with E-state index in [0.29, 0.717) is 29.5 Å². The van der Waals surface area contributed by atoms with Crippen LogP contribution in [0.1, 0.15) is 54.0 Å². The molecule has 30 heavy (non-hydrogen) atoms. The second-order valence-electron chi connectivity index (χ2n) is 8.73. The van der Waals surface area contributed by atoms with Crippen molar-refractivity contribution in [3.05, 3.63) is 46.8 Å². The Hall–Kier alpha value is -2.19. The lowest BCUT2D eigenvalue weighted by Gasteiger charge is -2.27. The summed E-state index contributed by atoms with van der Waals surface area (Å²) in [6, 6.07) is 7.19. The van der Waals surface area contributed by atoms with Gasteiger partial charge in [0.05, 0.1) is 4.90 Å². The molecule has 2 aliphatic heterocycles. The molecule has 3 heterocycles. The molecule has 0 unspecified atom stereocenters. The summed E-state index contributed by atoms with van der Waals surface area (Å²) in [5.41, 5.74) is 3.24. The van der Waals surface area contributed by atoms with Crippen LogP contribution in [-0.2, 0) is 36.5 Å². The molecule has 1 aromatic carbocycles. The van der Waals surface area contributed by atoms with Crippen LogP contribution in [0.2, 0.25) is 0 Å². The lowest BCUT2D eigenvalue weighted by Crippen LogP contribution is -2.37. The van der Waals surface area contributed by atoms with E-state index in [2.05, 4.69) is 18.9 Å². The van der Waals surface area contributed by atoms with Gasteiger partial charge in [0.25, 0.3) is 5.91 Å². The molecule has 2 aromatic rings. The molecule has 1 saturated heterocycles. The Labute approximate surface area is 178 Å². The normalized spacial score (nSPS) is 17.5. The zero-order valence-electron chi connectivity index (χ0n) is 18.0. The van der Waals surface area contributed by atoms with Crippen LogP contribution in [0.4, 0.5) is 0 Å². The first kappa shape index (κ1) is 21.1. The van der Waals surface area contributed by atoms with Crippen molar-refractivity contribution in [1.82, 2.24) is 19.0 Å². The maximum absolute atomic E-state index is 13.3. The number of likely N-dealkylation sites (tertiary alicyclic amines) is 1. The number of sulfonamides is 1. The number of benzene rings is 1. The maximum Gasteiger partial charge on any atom is 0.274 e. The Morgan fingerprint density at radius 3 is 2.40 bits per heavy atom. The van der Waals surface area contributed by atoms with Gasteiger partial charge >= 0.3 is 0 Å². The summed E-state index contributed by atoms with van der Waals surface area (Å²) >= 11 is 0. The number of carbonyl (C=O) groups is 1. The number of aromatic nitrogens is 2. The van der Waals surface area contributed by atoms with E-state index in [9.17, 15) is 13.2 Å². The van der Waals surface area contributed by atoms with Crippen LogP contribution in [0.25, 0.3) is 0 Å². The van der Waals surface area contributed by atoms with E-state index in [-0.39, 0.29) is 12.5 Å². The fourth-order valence-electron chi connectivity index (χ4n) is 4.43. The summed E-state index contributed by atoms with van der Waals surface area (Å²) in [6.45, 7) is 6.35. The Kier molecular flexibility index (Phi) is 5.72. The molecule has 0 atom stereocenters. The molecular formula is C22H30N4O3S. The van der Waals surface area contributed by atoms with Gasteiger partial charge in [-0.2, -0.15) is 9.40 Å². The topological polar surface area (TPSA) is 75.5 Å². The predicted octanol–water partition coefficient (Wildman–Crippen LogP) is 2.60. The molecule has 0 N–H and O–H groups in total. The lowest BCUT2D eigenvalue weighted by molar-refractivity contribution is 0.0784. The third kappa shape index (κ3) is 3.90. The minimum absolute atomic E-state index is 0.0818. The van der Waals surface area contributed by atoms with Crippen molar-refractivity contribution < 1.29 is 13.2 Å². The average molecular weight is 431 g/mol. The molecule has 162 valence electrons. The highest BCUT2D eigenvalue weighted by Gasteiger charge is 2.35. The van der Waals surface area contributed by atoms with Crippen molar-refractivity contribution in [2.45, 2.75) is 51.0 Å². The van der Waals surface area contributed by atoms with Crippen molar-refractivity contribution >= 4 is 15.9 Å². The summed E-state index contributed by atoms with van der Waals surface area (Å²) < 4.78 is 29.8. The third-order valence-corrected chi connectivity index (χ3v) is 7.87. The summed E-state index contributed by atoms with van der Waals surface area (Å²) in [5.74, 6) is 0.437. The zero-order chi connectivity index (χ0) is 21.5. The van der Waals surface area contributed by atoms with E-state index in [4.69, 9.17) is 0 Å². The second kappa shape index (κ2) is 8.15. The molecule has 8 heteroatoms. The molecule has 2 aliphatic rings. The Balaban J connectivity index is 1.59. The van der Waals surface area contributed by atoms with Crippen molar-refractivity contribution in [2.75, 3.05) is 19.6 Å². The van der Waals surface area contributed by atoms with E-state index in [1.54, 1.807) is 16.8 Å². The first-order valence-corrected chi connectivity index (χ1v) is 12.1. The standard InChI is InChI=1S/C22H30N4O3S/c1-16(2)14-17-6-8-18(9-7-17)30(28,29)26-13-10-20-19(15-26)21(23-24(20)3)22(27)25-11-4-5-12-25/h6-9,16H,4-5,10-15H2,1-3H3. The highest BCUT2D eigenvalue weighted by molar-refractivity contribution is 7.89. The molecule has 0 spiro atoms. The van der Waals surface area contributed by atoms with Crippen LogP contribution in [0, 0.1) is 5.92 Å². The van der Waals surface area contributed by atoms with Gasteiger partial charge in [0.1, 0.15) is 0 Å². The Morgan fingerprint density at radius 1 is 1.10 bits per heavy atom. The number of hydrogen-bond acceptors (Lipinski definition) is 4. The summed E-state index contributed by atoms with van der Waals surface area (Å²) in [4.78, 5) is 15.1. The van der Waals surface area contributed by atoms with Crippen molar-refractivity contribution in [1.29, 1.82) is 0 Å². The second-order valence-corrected chi connectivity index (χ2v) is 10.7. The molecule has 1 fully saturated rings. The van der Waals surface area contributed by atoms with Crippen LogP contribution in [0.3, 0.4) is 0 Å². The van der Waals surface area contributed by atoms with Crippen LogP contribution >= 0.6 is 0 Å². The van der Waals surface area contributed by atoms with Crippen LogP contribution < -0.4 is 0 Å². The van der Waals surface area contributed by atoms with Gasteiger partial charge in [-0.05, 0) is 42.9 Å². The van der Waals surface area contributed by atoms with E-state index in [0.717, 1.165) is 49.2 Å². The monoisotopic (exact) mass is 430 g/mol. The summed E-state index contributed by atoms with van der Waals surface area (Å²) in [6.07, 6.45) is 3.49. The zero-order valence-corrected chi connectivity index (χ0v) is 18.8. The minimum atomic E-state index is -3.63. The molecule has 1 amide bonds. The van der Waals surface area contributed by atoms with Gasteiger partial charge in [0.15, 0.2) is 5.69 Å². The van der Waals surface area contributed by atoms with Crippen molar-refractivity contribution in [3.8, 4) is 0 Å². The highest BCUT2D eigenvalue weighted by Crippen LogP contribution is 2.28. The average Bonchev–Trinajstić information content (AvgIpc) is 3.36. The van der Waals surface area contributed by atoms with Crippen molar-refractivity contribution in [3.63, 3.8) is 0 Å². The van der Waals surface area contributed by atoms with E-state index >= 15 is 0 Å². The number of rotatable bonds is 5. The number of amides is 1. The van der Waals surface area contributed by atoms with E-state index in [1.165, 1.54) is 4.31 Å². The number of fused-ring (bicyclic) bond motifs is 1. The largest absolute Gasteiger partial charge is 0.337 e. The van der Waals surface area contributed by atoms with Gasteiger partial charge in [0.2, 0.25) is 10.0 Å². The number of hydrogen-bond donors (Lipinski definition) is 0. The maximum atomic E-state index is 13.3. The molecule has 0 bridgehead atoms. The molecule has 0 radical (unpaired) electrons. The van der Waals surface area contributed by atoms with E-state index < -0.39 is 10.0 Å². The highest BCUT2D eigenvalue weighted by atomic mass is 32.2. The quantitative estimate of drug-likeness (QED) is 0.731. The number of carbonyl (C=O) groups excluding carboxylic acids is 1. The third-order valence-electron chi connectivity index (χ3n) is 6.01. The molecular weight excluding hydrogens is 400 g/mol. The SMILES string of the molecule is CC(C)Cc1ccc(S(=O)(=O)N2CCc3c(c(C(=O)N4CCCC4)nn3C)C2)cc1. The van der Waals surface area contributed by atoms with E-state index in [1.807, 2.05) is 24.1 Å². The fraction of sp³-hybridized carbons (Fsp3) is 0.545. The molecule has 1 aromatic heterocycles. The van der Waals surface area contributed by atoms with Gasteiger partial charge in [0, 0.05) is 50.9 Å². The molecule has 0 aliphatic carbocycles. The summed E-state index contributed by atoms with van der Waals surface area (Å²) in [5, 5.41) is 4.47. The van der Waals surface area contributed by atoms with Crippen LogP contribution in [-0.4, -0.2) is 52.9 Å². The summed E-state index contributed by atoms with van der Waals surface area (Å²) in [7, 11) is -1.80. The van der Waals surface area contributed by atoms with Crippen LogP contribution in [0.5, 0.6) is 0 Å². The van der Waals surface area contributed by atoms with Gasteiger partial charge in [-0.1, -0.05) is 26.0 Å². The van der Waals surface area contributed by atoms with Crippen LogP contribution in [0.15, 0.2) is 29.2 Å². The number of aryl methyl sites for hydroxylation is 1. The smallest absolute Gasteiger partial charge is 0.274 e. The lowest BCUT2D eigenvalue weighted by atomic mass is 10.0. The Bertz CT molecular complexity index is 1040. The van der Waals surface area contributed by atoms with Gasteiger partial charge < -0.3 is 4.90 Å². The fourth-order valence-corrected chi connectivity index (χ4v) is 5.84. The van der Waals surface area contributed by atoms with Gasteiger partial charge in [-0.25, -0.2) is 8.42 Å². The molecule has 4 rings (SSSR count). The Morgan fingerprint density at radius 2 is 1.77 bits per heavy atom. The first-order chi connectivity index (χ1) is 14.3. The van der Waals surface area contributed by atoms with Gasteiger partial charge in [-0.3, -0.25) is 9.48 Å².